The molecule has 1 amide bonds. The molecule has 1 aliphatic heterocycles. The van der Waals surface area contributed by atoms with E-state index in [2.05, 4.69) is 15.3 Å². The Hall–Kier alpha value is -3.02. The van der Waals surface area contributed by atoms with Gasteiger partial charge in [-0.05, 0) is 44.4 Å². The van der Waals surface area contributed by atoms with E-state index in [0.29, 0.717) is 11.5 Å². The van der Waals surface area contributed by atoms with Gasteiger partial charge in [0, 0.05) is 18.7 Å². The average Bonchev–Trinajstić information content (AvgIpc) is 3.15. The van der Waals surface area contributed by atoms with Gasteiger partial charge in [0.2, 0.25) is 0 Å². The number of piperidine rings is 1. The van der Waals surface area contributed by atoms with E-state index in [1.165, 1.54) is 6.42 Å². The quantitative estimate of drug-likeness (QED) is 0.729. The lowest BCUT2D eigenvalue weighted by Gasteiger charge is -2.25. The molecule has 1 aliphatic rings. The number of amides is 1. The fourth-order valence-corrected chi connectivity index (χ4v) is 3.24. The van der Waals surface area contributed by atoms with Crippen LogP contribution in [0.5, 0.6) is 0 Å². The molecule has 132 valence electrons. The molecule has 1 saturated heterocycles. The van der Waals surface area contributed by atoms with Gasteiger partial charge in [-0.25, -0.2) is 4.68 Å². The van der Waals surface area contributed by atoms with Gasteiger partial charge < -0.3 is 4.90 Å². The molecule has 6 heteroatoms. The van der Waals surface area contributed by atoms with Crippen LogP contribution in [0, 0.1) is 6.92 Å². The van der Waals surface area contributed by atoms with Gasteiger partial charge in [-0.15, -0.1) is 5.10 Å². The van der Waals surface area contributed by atoms with Crippen molar-refractivity contribution in [2.45, 2.75) is 26.2 Å². The first-order chi connectivity index (χ1) is 12.7. The van der Waals surface area contributed by atoms with Gasteiger partial charge in [-0.2, -0.15) is 10.2 Å². The molecule has 0 unspecified atom stereocenters. The van der Waals surface area contributed by atoms with Crippen molar-refractivity contribution in [3.05, 3.63) is 59.9 Å². The van der Waals surface area contributed by atoms with Crippen LogP contribution in [0.15, 0.2) is 48.5 Å². The summed E-state index contributed by atoms with van der Waals surface area (Å²) >= 11 is 0. The van der Waals surface area contributed by atoms with Crippen LogP contribution in [0.25, 0.3) is 17.1 Å². The molecule has 1 aromatic carbocycles. The van der Waals surface area contributed by atoms with Crippen molar-refractivity contribution < 1.29 is 4.79 Å². The predicted molar refractivity (Wildman–Crippen MR) is 99.1 cm³/mol. The second kappa shape index (κ2) is 7.07. The molecule has 0 radical (unpaired) electrons. The second-order valence-corrected chi connectivity index (χ2v) is 6.58. The third-order valence-electron chi connectivity index (χ3n) is 4.64. The van der Waals surface area contributed by atoms with Crippen molar-refractivity contribution in [3.8, 4) is 17.1 Å². The molecule has 0 spiro atoms. The normalized spacial score (nSPS) is 14.4. The van der Waals surface area contributed by atoms with Gasteiger partial charge in [0.25, 0.3) is 5.91 Å². The molecule has 3 aromatic rings. The van der Waals surface area contributed by atoms with Crippen molar-refractivity contribution in [1.82, 2.24) is 24.9 Å². The predicted octanol–water partition coefficient (Wildman–Crippen LogP) is 3.26. The Morgan fingerprint density at radius 1 is 0.962 bits per heavy atom. The monoisotopic (exact) mass is 347 g/mol. The minimum Gasteiger partial charge on any atom is -0.337 e. The fourth-order valence-electron chi connectivity index (χ4n) is 3.24. The summed E-state index contributed by atoms with van der Waals surface area (Å²) in [5.74, 6) is 0.591. The van der Waals surface area contributed by atoms with Crippen LogP contribution in [0.2, 0.25) is 0 Å². The highest BCUT2D eigenvalue weighted by Gasteiger charge is 2.23. The summed E-state index contributed by atoms with van der Waals surface area (Å²) in [6.45, 7) is 3.50. The third-order valence-corrected chi connectivity index (χ3v) is 4.64. The van der Waals surface area contributed by atoms with Gasteiger partial charge in [-0.3, -0.25) is 4.79 Å². The van der Waals surface area contributed by atoms with E-state index >= 15 is 0 Å². The summed E-state index contributed by atoms with van der Waals surface area (Å²) < 4.78 is 1.71. The number of hydrogen-bond acceptors (Lipinski definition) is 4. The summed E-state index contributed by atoms with van der Waals surface area (Å²) in [5, 5.41) is 13.0. The highest BCUT2D eigenvalue weighted by Crippen LogP contribution is 2.24. The maximum atomic E-state index is 12.9. The van der Waals surface area contributed by atoms with E-state index < -0.39 is 0 Å². The molecule has 3 heterocycles. The summed E-state index contributed by atoms with van der Waals surface area (Å²) in [4.78, 5) is 14.8. The number of nitrogens with zero attached hydrogens (tertiary/aromatic N) is 5. The summed E-state index contributed by atoms with van der Waals surface area (Å²) in [7, 11) is 0. The highest BCUT2D eigenvalue weighted by molar-refractivity contribution is 5.93. The molecule has 26 heavy (non-hydrogen) atoms. The highest BCUT2D eigenvalue weighted by atomic mass is 16.2. The Labute approximate surface area is 152 Å². The lowest BCUT2D eigenvalue weighted by molar-refractivity contribution is 0.0718. The zero-order chi connectivity index (χ0) is 17.9. The number of rotatable bonds is 3. The number of carbonyl (C=O) groups is 1. The Kier molecular flexibility index (Phi) is 4.48. The Morgan fingerprint density at radius 2 is 1.73 bits per heavy atom. The lowest BCUT2D eigenvalue weighted by atomic mass is 10.1. The lowest BCUT2D eigenvalue weighted by Crippen LogP contribution is -2.35. The molecular weight excluding hydrogens is 326 g/mol. The van der Waals surface area contributed by atoms with Gasteiger partial charge in [-0.1, -0.05) is 30.3 Å². The van der Waals surface area contributed by atoms with Crippen molar-refractivity contribution in [1.29, 1.82) is 0 Å². The van der Waals surface area contributed by atoms with Crippen LogP contribution >= 0.6 is 0 Å². The van der Waals surface area contributed by atoms with Gasteiger partial charge in [0.15, 0.2) is 11.5 Å². The van der Waals surface area contributed by atoms with Crippen molar-refractivity contribution in [2.75, 3.05) is 13.1 Å². The van der Waals surface area contributed by atoms with Gasteiger partial charge >= 0.3 is 0 Å². The molecule has 6 nitrogen and oxygen atoms in total. The number of hydrogen-bond donors (Lipinski definition) is 0. The summed E-state index contributed by atoms with van der Waals surface area (Å²) in [6.07, 6.45) is 3.30. The van der Waals surface area contributed by atoms with Crippen LogP contribution < -0.4 is 0 Å². The SMILES string of the molecule is Cc1ccc(-n2nc(C(=O)N3CCCCC3)cc2-c2ccccc2)nn1. The van der Waals surface area contributed by atoms with Crippen molar-refractivity contribution in [3.63, 3.8) is 0 Å². The molecule has 0 N–H and O–H groups in total. The largest absolute Gasteiger partial charge is 0.337 e. The Balaban J connectivity index is 1.77. The minimum absolute atomic E-state index is 0.0132. The van der Waals surface area contributed by atoms with Crippen LogP contribution in [-0.2, 0) is 0 Å². The molecule has 4 rings (SSSR count). The van der Waals surface area contributed by atoms with E-state index in [-0.39, 0.29) is 5.91 Å². The molecule has 0 saturated carbocycles. The fraction of sp³-hybridized carbons (Fsp3) is 0.300. The van der Waals surface area contributed by atoms with Gasteiger partial charge in [0.05, 0.1) is 11.4 Å². The van der Waals surface area contributed by atoms with E-state index in [4.69, 9.17) is 0 Å². The van der Waals surface area contributed by atoms with Crippen LogP contribution in [0.1, 0.15) is 35.4 Å². The molecule has 0 aliphatic carbocycles. The minimum atomic E-state index is -0.0132. The number of benzene rings is 1. The first-order valence-corrected chi connectivity index (χ1v) is 8.98. The summed E-state index contributed by atoms with van der Waals surface area (Å²) in [5.41, 5.74) is 3.11. The Bertz CT molecular complexity index is 896. The van der Waals surface area contributed by atoms with E-state index in [9.17, 15) is 4.79 Å². The zero-order valence-corrected chi connectivity index (χ0v) is 14.8. The first-order valence-electron chi connectivity index (χ1n) is 8.98. The molecule has 2 aromatic heterocycles. The molecule has 1 fully saturated rings. The smallest absolute Gasteiger partial charge is 0.274 e. The first kappa shape index (κ1) is 16.4. The standard InChI is InChI=1S/C20H21N5O/c1-15-10-11-19(22-21-15)25-18(16-8-4-2-5-9-16)14-17(23-25)20(26)24-12-6-3-7-13-24/h2,4-5,8-11,14H,3,6-7,12-13H2,1H3. The van der Waals surface area contributed by atoms with E-state index in [0.717, 1.165) is 42.9 Å². The van der Waals surface area contributed by atoms with Crippen LogP contribution in [0.3, 0.4) is 0 Å². The Morgan fingerprint density at radius 3 is 2.42 bits per heavy atom. The molecule has 0 bridgehead atoms. The van der Waals surface area contributed by atoms with Crippen LogP contribution in [0.4, 0.5) is 0 Å². The van der Waals surface area contributed by atoms with Crippen molar-refractivity contribution >= 4 is 5.91 Å². The van der Waals surface area contributed by atoms with Crippen LogP contribution in [-0.4, -0.2) is 43.9 Å². The van der Waals surface area contributed by atoms with E-state index in [1.807, 2.05) is 60.4 Å². The average molecular weight is 347 g/mol. The zero-order valence-electron chi connectivity index (χ0n) is 14.8. The topological polar surface area (TPSA) is 63.9 Å². The van der Waals surface area contributed by atoms with Gasteiger partial charge in [0.1, 0.15) is 0 Å². The number of carbonyl (C=O) groups excluding carboxylic acids is 1. The third kappa shape index (κ3) is 3.22. The van der Waals surface area contributed by atoms with Crippen molar-refractivity contribution in [2.24, 2.45) is 0 Å². The molecule has 0 atom stereocenters. The number of aryl methyl sites for hydroxylation is 1. The number of aromatic nitrogens is 4. The maximum absolute atomic E-state index is 12.9. The second-order valence-electron chi connectivity index (χ2n) is 6.58. The maximum Gasteiger partial charge on any atom is 0.274 e. The number of likely N-dealkylation sites (tertiary alicyclic amines) is 1. The summed E-state index contributed by atoms with van der Waals surface area (Å²) in [6, 6.07) is 15.5. The van der Waals surface area contributed by atoms with E-state index in [1.54, 1.807) is 4.68 Å². The molecular formula is C20H21N5O.